The van der Waals surface area contributed by atoms with Gasteiger partial charge in [0.2, 0.25) is 0 Å². The SMILES string of the molecule is C1=C[N-]c2c3c(ccc2=C1)=CC=C[N-]3.C1CCC(C2CCCC[N-]2)[N-]C1.[Ir]. The Bertz CT molecular complexity index is 720. The molecule has 2 fully saturated rings. The van der Waals surface area contributed by atoms with Gasteiger partial charge in [-0.2, -0.15) is 24.5 Å². The fourth-order valence-corrected chi connectivity index (χ4v) is 3.94. The summed E-state index contributed by atoms with van der Waals surface area (Å²) in [6.45, 7) is 2.19. The Morgan fingerprint density at radius 2 is 1.15 bits per heavy atom. The van der Waals surface area contributed by atoms with E-state index in [0.717, 1.165) is 34.9 Å². The van der Waals surface area contributed by atoms with Gasteiger partial charge in [-0.05, 0) is 10.4 Å². The van der Waals surface area contributed by atoms with E-state index in [4.69, 9.17) is 0 Å². The monoisotopic (exact) mass is 539 g/mol. The minimum atomic E-state index is 0. The molecule has 2 saturated heterocycles. The number of fused-ring (bicyclic) bond motifs is 3. The van der Waals surface area contributed by atoms with E-state index in [1.54, 1.807) is 12.4 Å². The van der Waals surface area contributed by atoms with Crippen molar-refractivity contribution >= 4 is 23.5 Å². The van der Waals surface area contributed by atoms with Crippen LogP contribution in [0.4, 0.5) is 11.4 Å². The molecule has 0 spiro atoms. The van der Waals surface area contributed by atoms with Crippen LogP contribution in [0.5, 0.6) is 0 Å². The third kappa shape index (κ3) is 5.11. The second-order valence-electron chi connectivity index (χ2n) is 7.15. The molecule has 1 aromatic carbocycles. The first-order valence-corrected chi connectivity index (χ1v) is 9.83. The second kappa shape index (κ2) is 10.2. The standard InChI is InChI=1S/C12H8N2.C10H18N2.Ir/c1-3-9-5-6-10-4-2-8-14-12(10)11(9)13-7-1;1-3-7-11-9(5-1)10-6-2-4-8-12-10;/h1-8H;9-10H,1-8H2;/q2*-2;. The van der Waals surface area contributed by atoms with Crippen LogP contribution in [0, 0.1) is 0 Å². The maximum atomic E-state index is 4.66. The Kier molecular flexibility index (Phi) is 7.71. The van der Waals surface area contributed by atoms with Crippen molar-refractivity contribution in [1.29, 1.82) is 0 Å². The normalized spacial score (nSPS) is 24.9. The zero-order valence-electron chi connectivity index (χ0n) is 15.6. The van der Waals surface area contributed by atoms with Crippen molar-refractivity contribution in [3.8, 4) is 0 Å². The zero-order valence-corrected chi connectivity index (χ0v) is 17.9. The van der Waals surface area contributed by atoms with Gasteiger partial charge in [-0.15, -0.1) is 24.5 Å². The van der Waals surface area contributed by atoms with Gasteiger partial charge in [0, 0.05) is 20.1 Å². The van der Waals surface area contributed by atoms with Crippen molar-refractivity contribution in [1.82, 2.24) is 0 Å². The van der Waals surface area contributed by atoms with Crippen molar-refractivity contribution < 1.29 is 20.1 Å². The van der Waals surface area contributed by atoms with Crippen LogP contribution in [0.15, 0.2) is 36.7 Å². The second-order valence-corrected chi connectivity index (χ2v) is 7.15. The molecule has 0 N–H and O–H groups in total. The van der Waals surface area contributed by atoms with Crippen LogP contribution in [0.3, 0.4) is 0 Å². The Morgan fingerprint density at radius 1 is 0.667 bits per heavy atom. The summed E-state index contributed by atoms with van der Waals surface area (Å²) in [5.74, 6) is 0. The van der Waals surface area contributed by atoms with E-state index in [0.29, 0.717) is 12.1 Å². The van der Waals surface area contributed by atoms with E-state index in [1.807, 2.05) is 12.2 Å². The number of hydrogen-bond acceptors (Lipinski definition) is 0. The molecule has 0 saturated carbocycles. The van der Waals surface area contributed by atoms with Crippen LogP contribution in [0.2, 0.25) is 0 Å². The molecule has 4 aliphatic rings. The van der Waals surface area contributed by atoms with Crippen molar-refractivity contribution in [3.63, 3.8) is 0 Å². The summed E-state index contributed by atoms with van der Waals surface area (Å²) >= 11 is 0. The number of rotatable bonds is 1. The van der Waals surface area contributed by atoms with E-state index in [-0.39, 0.29) is 20.1 Å². The largest absolute Gasteiger partial charge is 0.665 e. The Morgan fingerprint density at radius 3 is 1.56 bits per heavy atom. The zero-order chi connectivity index (χ0) is 17.6. The van der Waals surface area contributed by atoms with Gasteiger partial charge in [0.05, 0.1) is 0 Å². The van der Waals surface area contributed by atoms with Gasteiger partial charge in [0.25, 0.3) is 0 Å². The van der Waals surface area contributed by atoms with Gasteiger partial charge in [0.15, 0.2) is 0 Å². The van der Waals surface area contributed by atoms with Crippen LogP contribution >= 0.6 is 0 Å². The molecule has 1 radical (unpaired) electrons. The van der Waals surface area contributed by atoms with Crippen molar-refractivity contribution in [2.75, 3.05) is 13.1 Å². The number of benzene rings is 1. The fourth-order valence-electron chi connectivity index (χ4n) is 3.94. The molecule has 0 bridgehead atoms. The molecule has 5 rings (SSSR count). The van der Waals surface area contributed by atoms with E-state index in [1.165, 1.54) is 38.5 Å². The van der Waals surface area contributed by atoms with E-state index >= 15 is 0 Å². The van der Waals surface area contributed by atoms with Crippen molar-refractivity contribution in [3.05, 3.63) is 68.4 Å². The molecule has 4 heterocycles. The summed E-state index contributed by atoms with van der Waals surface area (Å²) in [5, 5.41) is 20.3. The van der Waals surface area contributed by atoms with Gasteiger partial charge < -0.3 is 21.3 Å². The predicted octanol–water partition coefficient (Wildman–Crippen LogP) is 5.15. The average Bonchev–Trinajstić information content (AvgIpc) is 2.75. The summed E-state index contributed by atoms with van der Waals surface area (Å²) in [6.07, 6.45) is 19.6. The smallest absolute Gasteiger partial charge is 0 e. The number of hydrogen-bond donors (Lipinski definition) is 0. The molecule has 0 amide bonds. The van der Waals surface area contributed by atoms with Gasteiger partial charge in [-0.25, -0.2) is 0 Å². The molecular weight excluding hydrogens is 512 g/mol. The molecule has 27 heavy (non-hydrogen) atoms. The summed E-state index contributed by atoms with van der Waals surface area (Å²) in [6, 6.07) is 5.34. The number of allylic oxidation sites excluding steroid dienone is 2. The molecular formula is C22H26IrN4-4. The third-order valence-corrected chi connectivity index (χ3v) is 5.33. The Balaban J connectivity index is 0.000000152. The van der Waals surface area contributed by atoms with Gasteiger partial charge in [-0.3, -0.25) is 0 Å². The fraction of sp³-hybridized carbons (Fsp3) is 0.455. The average molecular weight is 539 g/mol. The van der Waals surface area contributed by atoms with Crippen LogP contribution in [-0.2, 0) is 20.1 Å². The quantitative estimate of drug-likeness (QED) is 0.475. The van der Waals surface area contributed by atoms with E-state index < -0.39 is 0 Å². The Hall–Kier alpha value is -1.39. The minimum absolute atomic E-state index is 0. The van der Waals surface area contributed by atoms with Crippen LogP contribution in [-0.4, -0.2) is 25.2 Å². The summed E-state index contributed by atoms with van der Waals surface area (Å²) in [7, 11) is 0. The van der Waals surface area contributed by atoms with Crippen LogP contribution in [0.25, 0.3) is 33.4 Å². The molecule has 1 aromatic rings. The summed E-state index contributed by atoms with van der Waals surface area (Å²) in [4.78, 5) is 0. The number of nitrogens with zero attached hydrogens (tertiary/aromatic N) is 4. The summed E-state index contributed by atoms with van der Waals surface area (Å²) < 4.78 is 0. The third-order valence-electron chi connectivity index (χ3n) is 5.33. The topological polar surface area (TPSA) is 56.4 Å². The van der Waals surface area contributed by atoms with E-state index in [2.05, 4.69) is 45.6 Å². The van der Waals surface area contributed by atoms with Crippen molar-refractivity contribution in [2.45, 2.75) is 50.6 Å². The molecule has 2 atom stereocenters. The van der Waals surface area contributed by atoms with Gasteiger partial charge >= 0.3 is 0 Å². The molecule has 0 aromatic heterocycles. The van der Waals surface area contributed by atoms with Gasteiger partial charge in [0.1, 0.15) is 0 Å². The first-order valence-electron chi connectivity index (χ1n) is 9.83. The molecule has 147 valence electrons. The predicted molar refractivity (Wildman–Crippen MR) is 111 cm³/mol. The maximum Gasteiger partial charge on any atom is 0 e. The number of piperidine rings is 2. The Labute approximate surface area is 175 Å². The first-order chi connectivity index (χ1) is 12.9. The molecule has 0 aliphatic carbocycles. The van der Waals surface area contributed by atoms with Crippen LogP contribution in [0.1, 0.15) is 38.5 Å². The maximum absolute atomic E-state index is 4.66. The van der Waals surface area contributed by atoms with Gasteiger partial charge in [-0.1, -0.05) is 75.0 Å². The summed E-state index contributed by atoms with van der Waals surface area (Å²) in [5.41, 5.74) is 1.95. The molecule has 4 nitrogen and oxygen atoms in total. The first kappa shape index (κ1) is 20.3. The van der Waals surface area contributed by atoms with Crippen LogP contribution < -0.4 is 10.4 Å². The molecule has 5 heteroatoms. The van der Waals surface area contributed by atoms with E-state index in [9.17, 15) is 0 Å². The molecule has 2 unspecified atom stereocenters. The molecule has 4 aliphatic heterocycles. The minimum Gasteiger partial charge on any atom is -0.665 e. The van der Waals surface area contributed by atoms with Crippen molar-refractivity contribution in [2.24, 2.45) is 0 Å².